The van der Waals surface area contributed by atoms with Crippen molar-refractivity contribution >= 4 is 8.41 Å². The second-order valence-electron chi connectivity index (χ2n) is 0. The minimum Gasteiger partial charge on any atom is 0 e. The van der Waals surface area contributed by atoms with E-state index >= 15 is 0 Å². The van der Waals surface area contributed by atoms with Crippen molar-refractivity contribution in [1.29, 1.82) is 0 Å². The molecule has 0 aliphatic rings. The molecule has 0 unspecified atom stereocenters. The molecule has 0 rings (SSSR count). The third kappa shape index (κ3) is 8.82. The van der Waals surface area contributed by atoms with Crippen molar-refractivity contribution in [2.75, 3.05) is 0 Å². The molecule has 4 heteroatoms. The fourth-order valence-corrected chi connectivity index (χ4v) is 0. The van der Waals surface area contributed by atoms with Gasteiger partial charge in [-0.3, -0.25) is 0 Å². The topological polar surface area (TPSA) is 0 Å². The van der Waals surface area contributed by atoms with Gasteiger partial charge in [-0.1, -0.05) is 0 Å². The van der Waals surface area contributed by atoms with Crippen LogP contribution < -0.4 is 0 Å². The predicted octanol–water partition coefficient (Wildman–Crippen LogP) is -0.386. The van der Waals surface area contributed by atoms with Gasteiger partial charge in [0.15, 0.2) is 0 Å². The van der Waals surface area contributed by atoms with Crippen molar-refractivity contribution in [2.24, 2.45) is 0 Å². The first-order chi connectivity index (χ1) is 0. The first-order valence-electron chi connectivity index (χ1n) is 0. The molecule has 0 atom stereocenters. The fraction of sp³-hybridized carbons (Fsp3) is 0. The van der Waals surface area contributed by atoms with Crippen LogP contribution in [0.2, 0.25) is 0 Å². The molecule has 0 heterocycles. The number of rotatable bonds is 0. The van der Waals surface area contributed by atoms with Crippen LogP contribution in [0.1, 0.15) is 0 Å². The zero-order valence-corrected chi connectivity index (χ0v) is 11.1. The maximum absolute atomic E-state index is 0. The predicted molar refractivity (Wildman–Crippen MR) is 5.75 cm³/mol. The van der Waals surface area contributed by atoms with Crippen LogP contribution in [0.3, 0.4) is 0 Å². The molecule has 0 saturated heterocycles. The van der Waals surface area contributed by atoms with Crippen LogP contribution in [0, 0.1) is 35.6 Å². The largest absolute Gasteiger partial charge is 0 e. The van der Waals surface area contributed by atoms with Crippen molar-refractivity contribution in [3.05, 3.63) is 0 Å². The van der Waals surface area contributed by atoms with Crippen molar-refractivity contribution in [3.8, 4) is 0 Å². The van der Waals surface area contributed by atoms with E-state index in [2.05, 4.69) is 0 Å². The molecular weight excluding hydrogens is 308 g/mol. The Morgan fingerprint density at radius 3 is 1.00 bits per heavy atom. The first kappa shape index (κ1) is 30.4. The Bertz CT molecular complexity index is 8.00. The first-order valence-corrected chi connectivity index (χ1v) is 0. The molecule has 0 amide bonds. The molecule has 0 aromatic heterocycles. The van der Waals surface area contributed by atoms with Crippen molar-refractivity contribution in [1.82, 2.24) is 0 Å². The molecule has 0 aromatic carbocycles. The molecule has 4 heavy (non-hydrogen) atoms. The summed E-state index contributed by atoms with van der Waals surface area (Å²) in [6, 6.07) is 0. The van der Waals surface area contributed by atoms with E-state index in [1.807, 2.05) is 0 Å². The van der Waals surface area contributed by atoms with Gasteiger partial charge in [0.25, 0.3) is 0 Å². The van der Waals surface area contributed by atoms with Gasteiger partial charge in [0.2, 0.25) is 0 Å². The van der Waals surface area contributed by atoms with Crippen molar-refractivity contribution in [2.45, 2.75) is 0 Å². The monoisotopic (exact) mass is 307 g/mol. The molecular formula is BLaNbZn. The normalized spacial score (nSPS) is 0. The standard InChI is InChI=1S/B.La.Nb.Zn. The van der Waals surface area contributed by atoms with Crippen LogP contribution in [0.5, 0.6) is 0 Å². The molecule has 0 saturated carbocycles. The summed E-state index contributed by atoms with van der Waals surface area (Å²) in [6.07, 6.45) is 0. The molecule has 0 nitrogen and oxygen atoms in total. The fourth-order valence-electron chi connectivity index (χ4n) is 0. The zero-order chi connectivity index (χ0) is 0. The van der Waals surface area contributed by atoms with Crippen LogP contribution in [-0.2, 0) is 41.9 Å². The summed E-state index contributed by atoms with van der Waals surface area (Å²) in [5.74, 6) is 0. The Labute approximate surface area is 84.3 Å². The van der Waals surface area contributed by atoms with Crippen molar-refractivity contribution < 1.29 is 77.5 Å². The van der Waals surface area contributed by atoms with E-state index in [9.17, 15) is 0 Å². The second-order valence-corrected chi connectivity index (χ2v) is 0. The van der Waals surface area contributed by atoms with Crippen LogP contribution >= 0.6 is 0 Å². The van der Waals surface area contributed by atoms with E-state index < -0.39 is 0 Å². The third-order valence-corrected chi connectivity index (χ3v) is 0. The van der Waals surface area contributed by atoms with Crippen LogP contribution in [0.25, 0.3) is 0 Å². The Hall–Kier alpha value is 2.62. The minimum atomic E-state index is 0. The van der Waals surface area contributed by atoms with E-state index in [-0.39, 0.29) is 85.9 Å². The summed E-state index contributed by atoms with van der Waals surface area (Å²) in [6.45, 7) is 0. The van der Waals surface area contributed by atoms with Crippen LogP contribution in [-0.4, -0.2) is 8.41 Å². The molecule has 0 aromatic rings. The zero-order valence-electron chi connectivity index (χ0n) is 2.31. The SMILES string of the molecule is [B].[La].[Nb].[Zn]. The smallest absolute Gasteiger partial charge is 0 e. The number of hydrogen-bond donors (Lipinski definition) is 0. The molecule has 0 aliphatic carbocycles. The molecule has 5 radical (unpaired) electrons. The Morgan fingerprint density at radius 1 is 1.00 bits per heavy atom. The van der Waals surface area contributed by atoms with Gasteiger partial charge in [-0.15, -0.1) is 0 Å². The quantitative estimate of drug-likeness (QED) is 0.535. The number of hydrogen-bond acceptors (Lipinski definition) is 0. The third-order valence-electron chi connectivity index (χ3n) is 0. The molecule has 0 bridgehead atoms. The van der Waals surface area contributed by atoms with Gasteiger partial charge >= 0.3 is 0 Å². The van der Waals surface area contributed by atoms with Gasteiger partial charge in [0, 0.05) is 85.9 Å². The van der Waals surface area contributed by atoms with Gasteiger partial charge in [0.05, 0.1) is 0 Å². The molecule has 0 fully saturated rings. The summed E-state index contributed by atoms with van der Waals surface area (Å²) in [4.78, 5) is 0. The minimum absolute atomic E-state index is 0. The van der Waals surface area contributed by atoms with Gasteiger partial charge in [-0.05, 0) is 0 Å². The Morgan fingerprint density at radius 2 is 1.00 bits per heavy atom. The molecule has 0 spiro atoms. The van der Waals surface area contributed by atoms with E-state index in [1.165, 1.54) is 0 Å². The maximum atomic E-state index is 0. The van der Waals surface area contributed by atoms with Gasteiger partial charge in [0.1, 0.15) is 0 Å². The summed E-state index contributed by atoms with van der Waals surface area (Å²) in [5, 5.41) is 0. The van der Waals surface area contributed by atoms with Crippen LogP contribution in [0.4, 0.5) is 0 Å². The van der Waals surface area contributed by atoms with Gasteiger partial charge in [-0.25, -0.2) is 0 Å². The molecule has 0 N–H and O–H groups in total. The second kappa shape index (κ2) is 17.5. The summed E-state index contributed by atoms with van der Waals surface area (Å²) in [5.41, 5.74) is 0. The van der Waals surface area contributed by atoms with E-state index in [0.717, 1.165) is 0 Å². The average Bonchev–Trinajstić information content (AvgIpc) is 0. The summed E-state index contributed by atoms with van der Waals surface area (Å²) < 4.78 is 0. The average molecular weight is 308 g/mol. The summed E-state index contributed by atoms with van der Waals surface area (Å²) >= 11 is 0. The van der Waals surface area contributed by atoms with Crippen LogP contribution in [0.15, 0.2) is 0 Å². The van der Waals surface area contributed by atoms with Crippen molar-refractivity contribution in [3.63, 3.8) is 0 Å². The Kier molecular flexibility index (Phi) is 133. The van der Waals surface area contributed by atoms with E-state index in [0.29, 0.717) is 0 Å². The molecule has 13 valence electrons. The van der Waals surface area contributed by atoms with E-state index in [4.69, 9.17) is 0 Å². The Balaban J connectivity index is 0. The maximum Gasteiger partial charge on any atom is 0 e. The van der Waals surface area contributed by atoms with E-state index in [1.54, 1.807) is 0 Å². The molecule has 0 aliphatic heterocycles. The van der Waals surface area contributed by atoms with Gasteiger partial charge in [-0.2, -0.15) is 0 Å². The summed E-state index contributed by atoms with van der Waals surface area (Å²) in [7, 11) is 0. The van der Waals surface area contributed by atoms with Gasteiger partial charge < -0.3 is 0 Å².